The highest BCUT2D eigenvalue weighted by molar-refractivity contribution is 6.31. The average molecular weight is 432 g/mol. The van der Waals surface area contributed by atoms with Crippen LogP contribution in [-0.4, -0.2) is 15.6 Å². The van der Waals surface area contributed by atoms with Crippen LogP contribution in [0.15, 0.2) is 84.9 Å². The van der Waals surface area contributed by atoms with Gasteiger partial charge in [-0.05, 0) is 60.5 Å². The van der Waals surface area contributed by atoms with E-state index in [4.69, 9.17) is 16.3 Å². The van der Waals surface area contributed by atoms with Crippen LogP contribution in [0.3, 0.4) is 0 Å². The molecule has 0 unspecified atom stereocenters. The minimum atomic E-state index is -0.955. The molecule has 0 saturated heterocycles. The van der Waals surface area contributed by atoms with E-state index in [1.54, 1.807) is 18.2 Å². The summed E-state index contributed by atoms with van der Waals surface area (Å²) in [7, 11) is 0. The molecule has 4 aromatic rings. The molecule has 1 heterocycles. The van der Waals surface area contributed by atoms with Gasteiger partial charge in [-0.25, -0.2) is 4.79 Å². The van der Waals surface area contributed by atoms with Crippen molar-refractivity contribution in [1.29, 1.82) is 0 Å². The lowest BCUT2D eigenvalue weighted by Crippen LogP contribution is -2.05. The molecule has 0 radical (unpaired) electrons. The van der Waals surface area contributed by atoms with E-state index in [0.717, 1.165) is 34.6 Å². The molecule has 31 heavy (non-hydrogen) atoms. The van der Waals surface area contributed by atoms with Crippen molar-refractivity contribution < 1.29 is 14.6 Å². The van der Waals surface area contributed by atoms with Gasteiger partial charge in [0.1, 0.15) is 12.4 Å². The van der Waals surface area contributed by atoms with Gasteiger partial charge >= 0.3 is 5.97 Å². The van der Waals surface area contributed by atoms with Crippen LogP contribution in [0.4, 0.5) is 0 Å². The number of aromatic carboxylic acids is 1. The van der Waals surface area contributed by atoms with Gasteiger partial charge < -0.3 is 14.4 Å². The molecule has 0 spiro atoms. The zero-order valence-corrected chi connectivity index (χ0v) is 17.8. The molecule has 0 aliphatic rings. The molecule has 1 N–H and O–H groups in total. The molecule has 1 aromatic heterocycles. The Kier molecular flexibility index (Phi) is 6.10. The van der Waals surface area contributed by atoms with Gasteiger partial charge in [0.05, 0.1) is 11.3 Å². The standard InChI is InChI=1S/C26H22ClNO3/c1-2-21-12-13-24(28(21)22-10-6-9-19(15-22)26(29)30)23-16-20(27)11-14-25(23)31-17-18-7-4-3-5-8-18/h3-16H,2,17H2,1H3,(H,29,30). The Morgan fingerprint density at radius 3 is 2.52 bits per heavy atom. The maximum Gasteiger partial charge on any atom is 0.335 e. The summed E-state index contributed by atoms with van der Waals surface area (Å²) in [5.41, 5.74) is 4.90. The van der Waals surface area contributed by atoms with Gasteiger partial charge in [-0.1, -0.05) is 54.9 Å². The number of benzene rings is 3. The Morgan fingerprint density at radius 2 is 1.77 bits per heavy atom. The van der Waals surface area contributed by atoms with Crippen molar-refractivity contribution in [2.75, 3.05) is 0 Å². The molecule has 0 fully saturated rings. The van der Waals surface area contributed by atoms with Crippen molar-refractivity contribution in [3.8, 4) is 22.7 Å². The van der Waals surface area contributed by atoms with E-state index in [1.807, 2.05) is 66.7 Å². The number of nitrogens with zero attached hydrogens (tertiary/aromatic N) is 1. The maximum absolute atomic E-state index is 11.5. The number of aryl methyl sites for hydroxylation is 1. The van der Waals surface area contributed by atoms with Gasteiger partial charge in [-0.2, -0.15) is 0 Å². The number of carboxylic acids is 1. The van der Waals surface area contributed by atoms with Crippen LogP contribution in [0.1, 0.15) is 28.5 Å². The Bertz CT molecular complexity index is 1210. The lowest BCUT2D eigenvalue weighted by molar-refractivity contribution is 0.0697. The second kappa shape index (κ2) is 9.11. The summed E-state index contributed by atoms with van der Waals surface area (Å²) in [6, 6.07) is 26.5. The van der Waals surface area contributed by atoms with Crippen molar-refractivity contribution in [2.45, 2.75) is 20.0 Å². The topological polar surface area (TPSA) is 51.5 Å². The summed E-state index contributed by atoms with van der Waals surface area (Å²) in [6.07, 6.45) is 0.790. The van der Waals surface area contributed by atoms with E-state index in [2.05, 4.69) is 11.5 Å². The molecule has 0 bridgehead atoms. The van der Waals surface area contributed by atoms with Crippen molar-refractivity contribution >= 4 is 17.6 Å². The first-order valence-electron chi connectivity index (χ1n) is 10.1. The normalized spacial score (nSPS) is 10.8. The van der Waals surface area contributed by atoms with E-state index in [-0.39, 0.29) is 5.56 Å². The van der Waals surface area contributed by atoms with Gasteiger partial charge in [0.15, 0.2) is 0 Å². The molecule has 0 aliphatic heterocycles. The summed E-state index contributed by atoms with van der Waals surface area (Å²) in [6.45, 7) is 2.51. The largest absolute Gasteiger partial charge is 0.488 e. The first kappa shape index (κ1) is 20.8. The van der Waals surface area contributed by atoms with Crippen LogP contribution in [0.5, 0.6) is 5.75 Å². The van der Waals surface area contributed by atoms with E-state index in [0.29, 0.717) is 17.4 Å². The van der Waals surface area contributed by atoms with Crippen molar-refractivity contribution in [1.82, 2.24) is 4.57 Å². The fraction of sp³-hybridized carbons (Fsp3) is 0.115. The van der Waals surface area contributed by atoms with Gasteiger partial charge in [0, 0.05) is 22.0 Å². The number of ether oxygens (including phenoxy) is 1. The highest BCUT2D eigenvalue weighted by atomic mass is 35.5. The third-order valence-corrected chi connectivity index (χ3v) is 5.37. The molecule has 0 aliphatic carbocycles. The minimum absolute atomic E-state index is 0.242. The lowest BCUT2D eigenvalue weighted by Gasteiger charge is -2.17. The molecule has 4 rings (SSSR count). The van der Waals surface area contributed by atoms with Crippen molar-refractivity contribution in [3.05, 3.63) is 107 Å². The Balaban J connectivity index is 1.80. The molecule has 5 heteroatoms. The number of halogens is 1. The van der Waals surface area contributed by atoms with Crippen LogP contribution in [0.25, 0.3) is 16.9 Å². The predicted molar refractivity (Wildman–Crippen MR) is 123 cm³/mol. The molecular weight excluding hydrogens is 410 g/mol. The third-order valence-electron chi connectivity index (χ3n) is 5.13. The van der Waals surface area contributed by atoms with Crippen LogP contribution in [0, 0.1) is 0 Å². The summed E-state index contributed by atoms with van der Waals surface area (Å²) in [5.74, 6) is -0.243. The quantitative estimate of drug-likeness (QED) is 0.357. The first-order chi connectivity index (χ1) is 15.1. The summed E-state index contributed by atoms with van der Waals surface area (Å²) in [4.78, 5) is 11.5. The number of carbonyl (C=O) groups is 1. The molecule has 0 atom stereocenters. The SMILES string of the molecule is CCc1ccc(-c2cc(Cl)ccc2OCc2ccccc2)n1-c1cccc(C(=O)O)c1. The molecule has 156 valence electrons. The fourth-order valence-corrected chi connectivity index (χ4v) is 3.78. The first-order valence-corrected chi connectivity index (χ1v) is 10.5. The van der Waals surface area contributed by atoms with Crippen LogP contribution in [0.2, 0.25) is 5.02 Å². The summed E-state index contributed by atoms with van der Waals surface area (Å²) >= 11 is 6.35. The fourth-order valence-electron chi connectivity index (χ4n) is 3.61. The van der Waals surface area contributed by atoms with Crippen LogP contribution < -0.4 is 4.74 Å². The second-order valence-corrected chi connectivity index (χ2v) is 7.61. The highest BCUT2D eigenvalue weighted by Gasteiger charge is 2.17. The van der Waals surface area contributed by atoms with Gasteiger partial charge in [-0.15, -0.1) is 0 Å². The molecule has 0 saturated carbocycles. The van der Waals surface area contributed by atoms with Crippen LogP contribution >= 0.6 is 11.6 Å². The van der Waals surface area contributed by atoms with Gasteiger partial charge in [0.25, 0.3) is 0 Å². The highest BCUT2D eigenvalue weighted by Crippen LogP contribution is 2.36. The predicted octanol–water partition coefficient (Wildman–Crippen LogP) is 6.64. The zero-order valence-electron chi connectivity index (χ0n) is 17.1. The van der Waals surface area contributed by atoms with Crippen molar-refractivity contribution in [2.24, 2.45) is 0 Å². The van der Waals surface area contributed by atoms with E-state index < -0.39 is 5.97 Å². The monoisotopic (exact) mass is 431 g/mol. The molecule has 4 nitrogen and oxygen atoms in total. The molecular formula is C26H22ClNO3. The van der Waals surface area contributed by atoms with E-state index in [9.17, 15) is 9.90 Å². The lowest BCUT2D eigenvalue weighted by atomic mass is 10.1. The number of hydrogen-bond acceptors (Lipinski definition) is 2. The second-order valence-electron chi connectivity index (χ2n) is 7.17. The average Bonchev–Trinajstić information content (AvgIpc) is 3.23. The molecule has 3 aromatic carbocycles. The number of rotatable bonds is 7. The van der Waals surface area contributed by atoms with Crippen LogP contribution in [-0.2, 0) is 13.0 Å². The Morgan fingerprint density at radius 1 is 0.968 bits per heavy atom. The summed E-state index contributed by atoms with van der Waals surface area (Å²) in [5, 5.41) is 10.0. The number of hydrogen-bond donors (Lipinski definition) is 1. The zero-order chi connectivity index (χ0) is 21.8. The summed E-state index contributed by atoms with van der Waals surface area (Å²) < 4.78 is 8.23. The third kappa shape index (κ3) is 4.49. The number of carboxylic acid groups (broad SMARTS) is 1. The molecule has 0 amide bonds. The van der Waals surface area contributed by atoms with Gasteiger partial charge in [0.2, 0.25) is 0 Å². The Labute approximate surface area is 186 Å². The van der Waals surface area contributed by atoms with E-state index in [1.165, 1.54) is 0 Å². The Hall–Kier alpha value is -3.50. The smallest absolute Gasteiger partial charge is 0.335 e. The van der Waals surface area contributed by atoms with E-state index >= 15 is 0 Å². The number of aromatic nitrogens is 1. The maximum atomic E-state index is 11.5. The van der Waals surface area contributed by atoms with Crippen molar-refractivity contribution in [3.63, 3.8) is 0 Å². The minimum Gasteiger partial charge on any atom is -0.488 e. The van der Waals surface area contributed by atoms with Gasteiger partial charge in [-0.3, -0.25) is 0 Å².